The van der Waals surface area contributed by atoms with E-state index in [1.807, 2.05) is 24.3 Å². The van der Waals surface area contributed by atoms with E-state index >= 15 is 0 Å². The molecule has 1 rings (SSSR count). The highest BCUT2D eigenvalue weighted by molar-refractivity contribution is 9.10. The van der Waals surface area contributed by atoms with Crippen LogP contribution < -0.4 is 5.32 Å². The molecule has 0 spiro atoms. The summed E-state index contributed by atoms with van der Waals surface area (Å²) < 4.78 is 5.79. The molecule has 164 valence electrons. The SMILES string of the molecule is CCOC(=O)C(O)CC(Cc1ccc(Br)cc1)NC(=O)/C(=C/C(N=O)=C(C)C)CC. The van der Waals surface area contributed by atoms with E-state index in [2.05, 4.69) is 26.4 Å². The molecule has 2 unspecified atom stereocenters. The molecule has 8 heteroatoms. The van der Waals surface area contributed by atoms with Crippen LogP contribution in [-0.2, 0) is 20.7 Å². The van der Waals surface area contributed by atoms with Crippen molar-refractivity contribution in [3.63, 3.8) is 0 Å². The Morgan fingerprint density at radius 2 is 1.87 bits per heavy atom. The van der Waals surface area contributed by atoms with E-state index in [-0.39, 0.29) is 24.6 Å². The minimum Gasteiger partial charge on any atom is -0.464 e. The molecule has 0 aliphatic carbocycles. The number of halogens is 1. The van der Waals surface area contributed by atoms with E-state index in [4.69, 9.17) is 4.74 Å². The standard InChI is InChI=1S/C22H29BrN2O5/c1-5-16(12-19(25-29)14(3)4)21(27)24-18(13-20(26)22(28)30-6-2)11-15-7-9-17(23)10-8-15/h7-10,12,18,20,26H,5-6,11,13H2,1-4H3,(H,24,27)/b16-12+. The molecule has 30 heavy (non-hydrogen) atoms. The van der Waals surface area contributed by atoms with Crippen LogP contribution in [0.2, 0.25) is 0 Å². The molecule has 1 aromatic carbocycles. The summed E-state index contributed by atoms with van der Waals surface area (Å²) in [6, 6.07) is 7.03. The number of ether oxygens (including phenoxy) is 1. The fraction of sp³-hybridized carbons (Fsp3) is 0.455. The van der Waals surface area contributed by atoms with Crippen LogP contribution in [-0.4, -0.2) is 35.7 Å². The molecule has 2 N–H and O–H groups in total. The van der Waals surface area contributed by atoms with Crippen molar-refractivity contribution in [1.29, 1.82) is 0 Å². The predicted molar refractivity (Wildman–Crippen MR) is 120 cm³/mol. The highest BCUT2D eigenvalue weighted by atomic mass is 79.9. The number of hydrogen-bond donors (Lipinski definition) is 2. The molecule has 0 bridgehead atoms. The van der Waals surface area contributed by atoms with E-state index in [0.717, 1.165) is 10.0 Å². The second-order valence-corrected chi connectivity index (χ2v) is 7.92. The number of benzene rings is 1. The first kappa shape index (κ1) is 25.7. The van der Waals surface area contributed by atoms with Gasteiger partial charge in [0, 0.05) is 22.5 Å². The lowest BCUT2D eigenvalue weighted by atomic mass is 9.99. The number of carbonyl (C=O) groups excluding carboxylic acids is 2. The molecular weight excluding hydrogens is 452 g/mol. The number of allylic oxidation sites excluding steroid dienone is 2. The summed E-state index contributed by atoms with van der Waals surface area (Å²) in [5.41, 5.74) is 2.23. The molecule has 0 saturated carbocycles. The fourth-order valence-electron chi connectivity index (χ4n) is 2.74. The van der Waals surface area contributed by atoms with Crippen molar-refractivity contribution in [2.75, 3.05) is 6.61 Å². The maximum absolute atomic E-state index is 12.8. The van der Waals surface area contributed by atoms with Gasteiger partial charge in [0.05, 0.1) is 6.61 Å². The summed E-state index contributed by atoms with van der Waals surface area (Å²) in [6.07, 6.45) is 0.914. The molecule has 0 saturated heterocycles. The van der Waals surface area contributed by atoms with Gasteiger partial charge in [-0.15, -0.1) is 4.91 Å². The molecule has 0 radical (unpaired) electrons. The lowest BCUT2D eigenvalue weighted by Crippen LogP contribution is -2.41. The van der Waals surface area contributed by atoms with Crippen molar-refractivity contribution in [1.82, 2.24) is 5.32 Å². The maximum atomic E-state index is 12.8. The zero-order chi connectivity index (χ0) is 22.7. The van der Waals surface area contributed by atoms with E-state index in [0.29, 0.717) is 24.0 Å². The van der Waals surface area contributed by atoms with Gasteiger partial charge in [0.25, 0.3) is 0 Å². The summed E-state index contributed by atoms with van der Waals surface area (Å²) >= 11 is 3.38. The number of hydrogen-bond acceptors (Lipinski definition) is 6. The second kappa shape index (κ2) is 13.1. The highest BCUT2D eigenvalue weighted by Crippen LogP contribution is 2.16. The summed E-state index contributed by atoms with van der Waals surface area (Å²) in [7, 11) is 0. The Kier molecular flexibility index (Phi) is 11.2. The number of nitrogens with zero attached hydrogens (tertiary/aromatic N) is 1. The largest absolute Gasteiger partial charge is 0.464 e. The molecule has 0 aliphatic rings. The van der Waals surface area contributed by atoms with Gasteiger partial charge in [-0.2, -0.15) is 0 Å². The minimum atomic E-state index is -1.36. The van der Waals surface area contributed by atoms with Crippen LogP contribution in [0.15, 0.2) is 56.8 Å². The van der Waals surface area contributed by atoms with E-state index < -0.39 is 18.1 Å². The Morgan fingerprint density at radius 1 is 1.23 bits per heavy atom. The first-order valence-corrected chi connectivity index (χ1v) is 10.6. The number of aliphatic hydroxyl groups excluding tert-OH is 1. The Morgan fingerprint density at radius 3 is 2.37 bits per heavy atom. The average Bonchev–Trinajstić information content (AvgIpc) is 2.70. The van der Waals surface area contributed by atoms with Crippen LogP contribution in [0.25, 0.3) is 0 Å². The van der Waals surface area contributed by atoms with Crippen LogP contribution >= 0.6 is 15.9 Å². The van der Waals surface area contributed by atoms with Crippen LogP contribution in [0.1, 0.15) is 46.1 Å². The molecule has 0 fully saturated rings. The maximum Gasteiger partial charge on any atom is 0.335 e. The summed E-state index contributed by atoms with van der Waals surface area (Å²) in [4.78, 5) is 35.7. The van der Waals surface area contributed by atoms with Crippen molar-refractivity contribution >= 4 is 27.8 Å². The van der Waals surface area contributed by atoms with Gasteiger partial charge in [-0.3, -0.25) is 4.79 Å². The molecule has 2 atom stereocenters. The first-order chi connectivity index (χ1) is 14.2. The van der Waals surface area contributed by atoms with Gasteiger partial charge >= 0.3 is 5.97 Å². The molecule has 7 nitrogen and oxygen atoms in total. The van der Waals surface area contributed by atoms with Crippen LogP contribution in [0.4, 0.5) is 0 Å². The molecule has 1 amide bonds. The highest BCUT2D eigenvalue weighted by Gasteiger charge is 2.24. The van der Waals surface area contributed by atoms with Crippen molar-refractivity contribution in [2.24, 2.45) is 5.18 Å². The van der Waals surface area contributed by atoms with Crippen LogP contribution in [0.5, 0.6) is 0 Å². The zero-order valence-corrected chi connectivity index (χ0v) is 19.4. The second-order valence-electron chi connectivity index (χ2n) is 7.00. The van der Waals surface area contributed by atoms with Gasteiger partial charge in [-0.1, -0.05) is 35.0 Å². The number of carbonyl (C=O) groups is 2. The van der Waals surface area contributed by atoms with Gasteiger partial charge in [0.15, 0.2) is 6.10 Å². The summed E-state index contributed by atoms with van der Waals surface area (Å²) in [6.45, 7) is 7.10. The number of rotatable bonds is 11. The number of aliphatic hydroxyl groups is 1. The number of amides is 1. The third-order valence-corrected chi connectivity index (χ3v) is 4.92. The topological polar surface area (TPSA) is 105 Å². The lowest BCUT2D eigenvalue weighted by molar-refractivity contribution is -0.153. The van der Waals surface area contributed by atoms with Crippen molar-refractivity contribution in [3.05, 3.63) is 62.1 Å². The van der Waals surface area contributed by atoms with E-state index in [1.54, 1.807) is 27.7 Å². The number of nitroso groups, excluding NO2 is 1. The van der Waals surface area contributed by atoms with Gasteiger partial charge in [0.1, 0.15) is 5.70 Å². The van der Waals surface area contributed by atoms with Gasteiger partial charge < -0.3 is 15.2 Å². The van der Waals surface area contributed by atoms with Gasteiger partial charge in [-0.25, -0.2) is 4.79 Å². The summed E-state index contributed by atoms with van der Waals surface area (Å²) in [5.74, 6) is -1.10. The molecule has 0 aromatic heterocycles. The quantitative estimate of drug-likeness (QED) is 0.214. The Labute approximate surface area is 185 Å². The molecule has 0 aliphatic heterocycles. The van der Waals surface area contributed by atoms with Gasteiger partial charge in [-0.05, 0) is 68.1 Å². The molecule has 0 heterocycles. The molecule has 1 aromatic rings. The zero-order valence-electron chi connectivity index (χ0n) is 17.8. The third kappa shape index (κ3) is 8.59. The van der Waals surface area contributed by atoms with Crippen molar-refractivity contribution < 1.29 is 19.4 Å². The van der Waals surface area contributed by atoms with E-state index in [9.17, 15) is 19.6 Å². The Balaban J connectivity index is 3.07. The van der Waals surface area contributed by atoms with Gasteiger partial charge in [0.2, 0.25) is 5.91 Å². The van der Waals surface area contributed by atoms with E-state index in [1.165, 1.54) is 6.08 Å². The fourth-order valence-corrected chi connectivity index (χ4v) is 3.00. The summed E-state index contributed by atoms with van der Waals surface area (Å²) in [5, 5.41) is 16.0. The third-order valence-electron chi connectivity index (χ3n) is 4.39. The monoisotopic (exact) mass is 480 g/mol. The van der Waals surface area contributed by atoms with Crippen LogP contribution in [0, 0.1) is 4.91 Å². The number of nitrogens with one attached hydrogen (secondary N) is 1. The van der Waals surface area contributed by atoms with Crippen molar-refractivity contribution in [2.45, 2.75) is 59.1 Å². The predicted octanol–water partition coefficient (Wildman–Crippen LogP) is 4.19. The lowest BCUT2D eigenvalue weighted by Gasteiger charge is -2.22. The average molecular weight is 481 g/mol. The van der Waals surface area contributed by atoms with Crippen molar-refractivity contribution in [3.8, 4) is 0 Å². The Hall–Kier alpha value is -2.32. The normalized spacial score (nSPS) is 13.2. The Bertz CT molecular complexity index is 798. The smallest absolute Gasteiger partial charge is 0.335 e. The first-order valence-electron chi connectivity index (χ1n) is 9.83. The van der Waals surface area contributed by atoms with Crippen LogP contribution in [0.3, 0.4) is 0 Å². The number of esters is 1. The minimum absolute atomic E-state index is 0.000928. The molecular formula is C22H29BrN2O5.